The molecule has 1 fully saturated rings. The molecule has 2 aromatic rings. The Morgan fingerprint density at radius 2 is 1.66 bits per heavy atom. The number of rotatable bonds is 8. The van der Waals surface area contributed by atoms with Gasteiger partial charge >= 0.3 is 0 Å². The molecule has 3 amide bonds. The molecule has 2 aliphatic rings. The quantitative estimate of drug-likeness (QED) is 0.620. The van der Waals surface area contributed by atoms with Gasteiger partial charge in [0.2, 0.25) is 5.91 Å². The molecule has 0 bridgehead atoms. The summed E-state index contributed by atoms with van der Waals surface area (Å²) in [5, 5.41) is 2.90. The van der Waals surface area contributed by atoms with E-state index in [1.54, 1.807) is 36.0 Å². The first-order chi connectivity index (χ1) is 15.6. The minimum Gasteiger partial charge on any atom is -0.379 e. The van der Waals surface area contributed by atoms with Gasteiger partial charge < -0.3 is 10.1 Å². The van der Waals surface area contributed by atoms with Crippen molar-refractivity contribution in [3.8, 4) is 0 Å². The number of benzene rings is 2. The van der Waals surface area contributed by atoms with E-state index >= 15 is 0 Å². The average molecular weight is 454 g/mol. The summed E-state index contributed by atoms with van der Waals surface area (Å²) in [7, 11) is 0. The first-order valence-corrected chi connectivity index (χ1v) is 12.1. The molecule has 2 aromatic carbocycles. The average Bonchev–Trinajstić information content (AvgIpc) is 3.07. The van der Waals surface area contributed by atoms with E-state index in [1.807, 2.05) is 30.5 Å². The van der Waals surface area contributed by atoms with Crippen LogP contribution in [0.4, 0.5) is 5.69 Å². The number of hydrogen-bond donors (Lipinski definition) is 1. The van der Waals surface area contributed by atoms with Gasteiger partial charge in [-0.1, -0.05) is 24.3 Å². The summed E-state index contributed by atoms with van der Waals surface area (Å²) in [6, 6.07) is 13.6. The molecule has 0 saturated carbocycles. The number of anilines is 1. The molecule has 2 aliphatic heterocycles. The topological polar surface area (TPSA) is 79.0 Å². The van der Waals surface area contributed by atoms with Gasteiger partial charge in [-0.25, -0.2) is 0 Å². The summed E-state index contributed by atoms with van der Waals surface area (Å²) < 4.78 is 5.39. The fourth-order valence-electron chi connectivity index (χ4n) is 4.03. The predicted octanol–water partition coefficient (Wildman–Crippen LogP) is 2.88. The van der Waals surface area contributed by atoms with Gasteiger partial charge in [-0.15, -0.1) is 0 Å². The molecule has 7 nitrogen and oxygen atoms in total. The summed E-state index contributed by atoms with van der Waals surface area (Å²) in [5.74, 6) is -0.515. The molecule has 32 heavy (non-hydrogen) atoms. The van der Waals surface area contributed by atoms with Crippen LogP contribution in [0, 0.1) is 0 Å². The SMILES string of the molecule is CSCCC(C(=O)Nc1ccc(CN2CCOCC2)cc1)N1C(=O)c2ccccc2C1=O. The minimum absolute atomic E-state index is 0.352. The Hall–Kier alpha value is -2.68. The van der Waals surface area contributed by atoms with Crippen LogP contribution in [0.2, 0.25) is 0 Å². The van der Waals surface area contributed by atoms with E-state index in [9.17, 15) is 14.4 Å². The van der Waals surface area contributed by atoms with Gasteiger partial charge in [0.15, 0.2) is 0 Å². The molecule has 0 aromatic heterocycles. The van der Waals surface area contributed by atoms with Crippen molar-refractivity contribution in [1.29, 1.82) is 0 Å². The van der Waals surface area contributed by atoms with Crippen molar-refractivity contribution in [3.63, 3.8) is 0 Å². The number of nitrogens with zero attached hydrogens (tertiary/aromatic N) is 2. The van der Waals surface area contributed by atoms with Crippen molar-refractivity contribution in [2.24, 2.45) is 0 Å². The van der Waals surface area contributed by atoms with Crippen LogP contribution in [0.5, 0.6) is 0 Å². The maximum atomic E-state index is 13.2. The minimum atomic E-state index is -0.858. The first kappa shape index (κ1) is 22.5. The highest BCUT2D eigenvalue weighted by atomic mass is 32.2. The smallest absolute Gasteiger partial charge is 0.262 e. The van der Waals surface area contributed by atoms with Gasteiger partial charge in [-0.3, -0.25) is 24.2 Å². The Balaban J connectivity index is 1.45. The largest absolute Gasteiger partial charge is 0.379 e. The van der Waals surface area contributed by atoms with Gasteiger partial charge in [0.25, 0.3) is 11.8 Å². The number of imide groups is 1. The van der Waals surface area contributed by atoms with Crippen molar-refractivity contribution >= 4 is 35.2 Å². The van der Waals surface area contributed by atoms with Crippen molar-refractivity contribution < 1.29 is 19.1 Å². The fraction of sp³-hybridized carbons (Fsp3) is 0.375. The standard InChI is InChI=1S/C24H27N3O4S/c1-32-15-10-21(27-23(29)19-4-2-3-5-20(19)24(27)30)22(28)25-18-8-6-17(7-9-18)16-26-11-13-31-14-12-26/h2-9,21H,10-16H2,1H3,(H,25,28). The molecule has 0 aliphatic carbocycles. The number of thioether (sulfide) groups is 1. The highest BCUT2D eigenvalue weighted by Crippen LogP contribution is 2.27. The van der Waals surface area contributed by atoms with Crippen LogP contribution in [-0.4, -0.2) is 71.9 Å². The Labute approximate surface area is 192 Å². The molecule has 1 unspecified atom stereocenters. The van der Waals surface area contributed by atoms with Gasteiger partial charge in [-0.05, 0) is 48.3 Å². The Morgan fingerprint density at radius 3 is 2.25 bits per heavy atom. The number of nitrogens with one attached hydrogen (secondary N) is 1. The maximum Gasteiger partial charge on any atom is 0.262 e. The zero-order chi connectivity index (χ0) is 22.5. The van der Waals surface area contributed by atoms with Gasteiger partial charge in [-0.2, -0.15) is 11.8 Å². The molecule has 1 N–H and O–H groups in total. The van der Waals surface area contributed by atoms with Crippen LogP contribution in [-0.2, 0) is 16.1 Å². The zero-order valence-corrected chi connectivity index (χ0v) is 18.9. The van der Waals surface area contributed by atoms with Crippen LogP contribution in [0.15, 0.2) is 48.5 Å². The predicted molar refractivity (Wildman–Crippen MR) is 125 cm³/mol. The molecule has 4 rings (SSSR count). The highest BCUT2D eigenvalue weighted by Gasteiger charge is 2.42. The third-order valence-electron chi connectivity index (χ3n) is 5.77. The second-order valence-corrected chi connectivity index (χ2v) is 8.88. The summed E-state index contributed by atoms with van der Waals surface area (Å²) in [4.78, 5) is 42.4. The van der Waals surface area contributed by atoms with Gasteiger partial charge in [0.05, 0.1) is 24.3 Å². The molecule has 168 valence electrons. The highest BCUT2D eigenvalue weighted by molar-refractivity contribution is 7.98. The summed E-state index contributed by atoms with van der Waals surface area (Å²) >= 11 is 1.57. The molecular formula is C24H27N3O4S. The van der Waals surface area contributed by atoms with Crippen molar-refractivity contribution in [2.75, 3.05) is 43.6 Å². The molecule has 2 heterocycles. The third kappa shape index (κ3) is 4.87. The van der Waals surface area contributed by atoms with Gasteiger partial charge in [0, 0.05) is 25.3 Å². The lowest BCUT2D eigenvalue weighted by molar-refractivity contribution is -0.120. The fourth-order valence-corrected chi connectivity index (χ4v) is 4.49. The van der Waals surface area contributed by atoms with Crippen LogP contribution in [0.3, 0.4) is 0 Å². The summed E-state index contributed by atoms with van der Waals surface area (Å²) in [6.07, 6.45) is 2.33. The normalized spacial score (nSPS) is 17.3. The van der Waals surface area contributed by atoms with Crippen LogP contribution in [0.1, 0.15) is 32.7 Å². The van der Waals surface area contributed by atoms with E-state index in [0.29, 0.717) is 29.0 Å². The van der Waals surface area contributed by atoms with Gasteiger partial charge in [0.1, 0.15) is 6.04 Å². The monoisotopic (exact) mass is 453 g/mol. The van der Waals surface area contributed by atoms with Crippen LogP contribution >= 0.6 is 11.8 Å². The maximum absolute atomic E-state index is 13.2. The number of ether oxygens (including phenoxy) is 1. The second kappa shape index (κ2) is 10.3. The molecule has 0 spiro atoms. The van der Waals surface area contributed by atoms with Crippen LogP contribution in [0.25, 0.3) is 0 Å². The summed E-state index contributed by atoms with van der Waals surface area (Å²) in [5.41, 5.74) is 2.51. The Morgan fingerprint density at radius 1 is 1.03 bits per heavy atom. The Bertz CT molecular complexity index is 954. The van der Waals surface area contributed by atoms with E-state index in [-0.39, 0.29) is 5.91 Å². The van der Waals surface area contributed by atoms with E-state index in [0.717, 1.165) is 43.3 Å². The number of amides is 3. The lowest BCUT2D eigenvalue weighted by atomic mass is 10.1. The molecule has 0 radical (unpaired) electrons. The van der Waals surface area contributed by atoms with E-state index in [2.05, 4.69) is 10.2 Å². The molecule has 8 heteroatoms. The van der Waals surface area contributed by atoms with E-state index in [4.69, 9.17) is 4.74 Å². The van der Waals surface area contributed by atoms with Crippen molar-refractivity contribution in [1.82, 2.24) is 9.80 Å². The lowest BCUT2D eigenvalue weighted by Crippen LogP contribution is -2.47. The summed E-state index contributed by atoms with van der Waals surface area (Å²) in [6.45, 7) is 4.17. The number of fused-ring (bicyclic) bond motifs is 1. The Kier molecular flexibility index (Phi) is 7.24. The van der Waals surface area contributed by atoms with Crippen LogP contribution < -0.4 is 5.32 Å². The second-order valence-electron chi connectivity index (χ2n) is 7.90. The van der Waals surface area contributed by atoms with Crippen molar-refractivity contribution in [3.05, 3.63) is 65.2 Å². The lowest BCUT2D eigenvalue weighted by Gasteiger charge is -2.27. The number of carbonyl (C=O) groups excluding carboxylic acids is 3. The molecule has 1 saturated heterocycles. The number of carbonyl (C=O) groups is 3. The number of hydrogen-bond acceptors (Lipinski definition) is 6. The third-order valence-corrected chi connectivity index (χ3v) is 6.41. The zero-order valence-electron chi connectivity index (χ0n) is 18.1. The van der Waals surface area contributed by atoms with E-state index in [1.165, 1.54) is 0 Å². The van der Waals surface area contributed by atoms with E-state index < -0.39 is 17.9 Å². The molecule has 1 atom stereocenters. The van der Waals surface area contributed by atoms with Crippen molar-refractivity contribution in [2.45, 2.75) is 19.0 Å². The first-order valence-electron chi connectivity index (χ1n) is 10.7. The molecular weight excluding hydrogens is 426 g/mol. The number of morpholine rings is 1.